The quantitative estimate of drug-likeness (QED) is 0.720. The SMILES string of the molecule is CC1C(=O)C2CCCCC2N2CCc3ccccc3C12. The van der Waals surface area contributed by atoms with Gasteiger partial charge in [-0.2, -0.15) is 0 Å². The van der Waals surface area contributed by atoms with Gasteiger partial charge in [0.1, 0.15) is 5.78 Å². The Morgan fingerprint density at radius 2 is 1.95 bits per heavy atom. The van der Waals surface area contributed by atoms with E-state index in [2.05, 4.69) is 36.1 Å². The summed E-state index contributed by atoms with van der Waals surface area (Å²) in [6.45, 7) is 3.30. The maximum atomic E-state index is 12.8. The van der Waals surface area contributed by atoms with Crippen LogP contribution in [-0.4, -0.2) is 23.3 Å². The lowest BCUT2D eigenvalue weighted by atomic mass is 9.68. The van der Waals surface area contributed by atoms with Crippen molar-refractivity contribution in [3.63, 3.8) is 0 Å². The van der Waals surface area contributed by atoms with Gasteiger partial charge in [-0.05, 0) is 30.4 Å². The van der Waals surface area contributed by atoms with Gasteiger partial charge in [0.25, 0.3) is 0 Å². The van der Waals surface area contributed by atoms with E-state index in [-0.39, 0.29) is 5.92 Å². The molecule has 2 nitrogen and oxygen atoms in total. The highest BCUT2D eigenvalue weighted by molar-refractivity contribution is 5.86. The van der Waals surface area contributed by atoms with E-state index in [1.807, 2.05) is 0 Å². The molecule has 0 aromatic heterocycles. The first-order chi connectivity index (χ1) is 9.77. The molecule has 4 rings (SSSR count). The Balaban J connectivity index is 1.77. The van der Waals surface area contributed by atoms with Crippen molar-refractivity contribution in [2.45, 2.75) is 51.1 Å². The van der Waals surface area contributed by atoms with Crippen LogP contribution in [0, 0.1) is 11.8 Å². The summed E-state index contributed by atoms with van der Waals surface area (Å²) < 4.78 is 0. The molecule has 2 aliphatic heterocycles. The van der Waals surface area contributed by atoms with E-state index in [1.54, 1.807) is 0 Å². The van der Waals surface area contributed by atoms with Crippen molar-refractivity contribution in [1.82, 2.24) is 4.90 Å². The average Bonchev–Trinajstić information content (AvgIpc) is 2.51. The van der Waals surface area contributed by atoms with Crippen LogP contribution in [0.1, 0.15) is 49.8 Å². The number of rotatable bonds is 0. The highest BCUT2D eigenvalue weighted by Crippen LogP contribution is 2.46. The third-order valence-electron chi connectivity index (χ3n) is 5.81. The minimum atomic E-state index is 0.163. The number of carbonyl (C=O) groups is 1. The van der Waals surface area contributed by atoms with Crippen molar-refractivity contribution in [2.75, 3.05) is 6.54 Å². The summed E-state index contributed by atoms with van der Waals surface area (Å²) in [4.78, 5) is 15.5. The first kappa shape index (κ1) is 12.6. The van der Waals surface area contributed by atoms with Crippen LogP contribution in [0.5, 0.6) is 0 Å². The molecule has 106 valence electrons. The lowest BCUT2D eigenvalue weighted by molar-refractivity contribution is -0.141. The molecule has 20 heavy (non-hydrogen) atoms. The van der Waals surface area contributed by atoms with Crippen LogP contribution in [-0.2, 0) is 11.2 Å². The molecule has 1 aliphatic carbocycles. The fourth-order valence-corrected chi connectivity index (χ4v) is 4.88. The Bertz CT molecular complexity index is 538. The Kier molecular flexibility index (Phi) is 2.95. The second-order valence-electron chi connectivity index (χ2n) is 6.78. The molecular formula is C18H23NO. The van der Waals surface area contributed by atoms with Gasteiger partial charge < -0.3 is 0 Å². The first-order valence-corrected chi connectivity index (χ1v) is 8.14. The van der Waals surface area contributed by atoms with E-state index in [0.29, 0.717) is 23.8 Å². The summed E-state index contributed by atoms with van der Waals surface area (Å²) in [7, 11) is 0. The van der Waals surface area contributed by atoms with Crippen molar-refractivity contribution in [2.24, 2.45) is 11.8 Å². The lowest BCUT2D eigenvalue weighted by Gasteiger charge is -2.52. The van der Waals surface area contributed by atoms with E-state index in [0.717, 1.165) is 19.4 Å². The Morgan fingerprint density at radius 1 is 1.15 bits per heavy atom. The van der Waals surface area contributed by atoms with Crippen molar-refractivity contribution >= 4 is 5.78 Å². The van der Waals surface area contributed by atoms with Gasteiger partial charge in [0.15, 0.2) is 0 Å². The number of fused-ring (bicyclic) bond motifs is 5. The zero-order valence-electron chi connectivity index (χ0n) is 12.2. The number of Topliss-reactive ketones (excluding diaryl/α,β-unsaturated/α-hetero) is 1. The fourth-order valence-electron chi connectivity index (χ4n) is 4.88. The normalized spacial score (nSPS) is 37.0. The van der Waals surface area contributed by atoms with E-state index >= 15 is 0 Å². The Morgan fingerprint density at radius 3 is 2.85 bits per heavy atom. The number of benzene rings is 1. The molecule has 0 amide bonds. The molecule has 0 spiro atoms. The van der Waals surface area contributed by atoms with Gasteiger partial charge >= 0.3 is 0 Å². The fraction of sp³-hybridized carbons (Fsp3) is 0.611. The lowest BCUT2D eigenvalue weighted by Crippen LogP contribution is -2.57. The molecule has 2 heterocycles. The molecule has 0 radical (unpaired) electrons. The number of ketones is 1. The van der Waals surface area contributed by atoms with E-state index in [1.165, 1.54) is 30.4 Å². The van der Waals surface area contributed by atoms with Gasteiger partial charge in [0.05, 0.1) is 0 Å². The van der Waals surface area contributed by atoms with Gasteiger partial charge in [-0.25, -0.2) is 0 Å². The van der Waals surface area contributed by atoms with Crippen LogP contribution >= 0.6 is 0 Å². The molecular weight excluding hydrogens is 246 g/mol. The molecule has 0 bridgehead atoms. The van der Waals surface area contributed by atoms with Crippen LogP contribution in [0.2, 0.25) is 0 Å². The van der Waals surface area contributed by atoms with Crippen molar-refractivity contribution < 1.29 is 4.79 Å². The molecule has 1 saturated carbocycles. The van der Waals surface area contributed by atoms with Crippen LogP contribution in [0.3, 0.4) is 0 Å². The van der Waals surface area contributed by atoms with Crippen LogP contribution < -0.4 is 0 Å². The maximum Gasteiger partial charge on any atom is 0.142 e. The van der Waals surface area contributed by atoms with E-state index < -0.39 is 0 Å². The molecule has 2 fully saturated rings. The molecule has 1 aromatic rings. The molecule has 3 aliphatic rings. The van der Waals surface area contributed by atoms with Gasteiger partial charge in [0, 0.05) is 30.5 Å². The third kappa shape index (κ3) is 1.70. The van der Waals surface area contributed by atoms with Crippen molar-refractivity contribution in [3.8, 4) is 0 Å². The van der Waals surface area contributed by atoms with E-state index in [9.17, 15) is 4.79 Å². The summed E-state index contributed by atoms with van der Waals surface area (Å²) in [5.41, 5.74) is 2.88. The second kappa shape index (κ2) is 4.70. The zero-order valence-corrected chi connectivity index (χ0v) is 12.2. The predicted octanol–water partition coefficient (Wildman–Crippen LogP) is 3.36. The first-order valence-electron chi connectivity index (χ1n) is 8.14. The summed E-state index contributed by atoms with van der Waals surface area (Å²) in [6, 6.07) is 9.62. The predicted molar refractivity (Wildman–Crippen MR) is 79.5 cm³/mol. The van der Waals surface area contributed by atoms with Crippen LogP contribution in [0.4, 0.5) is 0 Å². The molecule has 1 aromatic carbocycles. The van der Waals surface area contributed by atoms with Gasteiger partial charge in [0.2, 0.25) is 0 Å². The summed E-state index contributed by atoms with van der Waals surface area (Å²) >= 11 is 0. The molecule has 1 saturated heterocycles. The average molecular weight is 269 g/mol. The topological polar surface area (TPSA) is 20.3 Å². The maximum absolute atomic E-state index is 12.8. The number of piperidine rings is 1. The smallest absolute Gasteiger partial charge is 0.142 e. The summed E-state index contributed by atoms with van der Waals surface area (Å²) in [6.07, 6.45) is 6.04. The third-order valence-corrected chi connectivity index (χ3v) is 5.81. The Labute approximate surface area is 121 Å². The minimum Gasteiger partial charge on any atom is -0.299 e. The molecule has 4 unspecified atom stereocenters. The summed E-state index contributed by atoms with van der Waals surface area (Å²) in [5.74, 6) is 1.02. The van der Waals surface area contributed by atoms with Crippen LogP contribution in [0.25, 0.3) is 0 Å². The number of carbonyl (C=O) groups excluding carboxylic acids is 1. The standard InChI is InChI=1S/C18H23NO/c1-12-17-14-7-3-2-6-13(14)10-11-19(17)16-9-5-4-8-15(16)18(12)20/h2-3,6-7,12,15-17H,4-5,8-11H2,1H3. The molecule has 0 N–H and O–H groups in total. The van der Waals surface area contributed by atoms with Crippen LogP contribution in [0.15, 0.2) is 24.3 Å². The second-order valence-corrected chi connectivity index (χ2v) is 6.78. The monoisotopic (exact) mass is 269 g/mol. The largest absolute Gasteiger partial charge is 0.299 e. The number of hydrogen-bond acceptors (Lipinski definition) is 2. The highest BCUT2D eigenvalue weighted by atomic mass is 16.1. The number of nitrogens with zero attached hydrogens (tertiary/aromatic N) is 1. The molecule has 2 heteroatoms. The minimum absolute atomic E-state index is 0.163. The van der Waals surface area contributed by atoms with Crippen molar-refractivity contribution in [3.05, 3.63) is 35.4 Å². The highest BCUT2D eigenvalue weighted by Gasteiger charge is 2.48. The van der Waals surface area contributed by atoms with Gasteiger partial charge in [-0.15, -0.1) is 0 Å². The Hall–Kier alpha value is -1.15. The van der Waals surface area contributed by atoms with E-state index in [4.69, 9.17) is 0 Å². The summed E-state index contributed by atoms with van der Waals surface area (Å²) in [5, 5.41) is 0. The van der Waals surface area contributed by atoms with Gasteiger partial charge in [-0.3, -0.25) is 9.69 Å². The number of hydrogen-bond donors (Lipinski definition) is 0. The van der Waals surface area contributed by atoms with Gasteiger partial charge in [-0.1, -0.05) is 44.0 Å². The van der Waals surface area contributed by atoms with Crippen molar-refractivity contribution in [1.29, 1.82) is 0 Å². The zero-order chi connectivity index (χ0) is 13.7. The molecule has 4 atom stereocenters.